The number of hydrogen-bond donors (Lipinski definition) is 0. The first-order valence-electron chi connectivity index (χ1n) is 8.92. The Morgan fingerprint density at radius 1 is 1.25 bits per heavy atom. The highest BCUT2D eigenvalue weighted by molar-refractivity contribution is 8.00. The fraction of sp³-hybridized carbons (Fsp3) is 0.667. The molecular weight excluding hydrogens is 322 g/mol. The van der Waals surface area contributed by atoms with E-state index in [4.69, 9.17) is 0 Å². The van der Waals surface area contributed by atoms with Crippen LogP contribution >= 0.6 is 11.8 Å². The Morgan fingerprint density at radius 3 is 2.54 bits per heavy atom. The van der Waals surface area contributed by atoms with Gasteiger partial charge in [0, 0.05) is 31.8 Å². The summed E-state index contributed by atoms with van der Waals surface area (Å²) in [4.78, 5) is 13.1. The van der Waals surface area contributed by atoms with Gasteiger partial charge < -0.3 is 4.48 Å². The van der Waals surface area contributed by atoms with Crippen molar-refractivity contribution in [2.75, 3.05) is 45.8 Å². The highest BCUT2D eigenvalue weighted by atomic mass is 32.2. The van der Waals surface area contributed by atoms with Gasteiger partial charge in [0.2, 0.25) is 0 Å². The highest BCUT2D eigenvalue weighted by Crippen LogP contribution is 2.31. The average Bonchev–Trinajstić information content (AvgIpc) is 2.53. The maximum absolute atomic E-state index is 10.9. The third kappa shape index (κ3) is 4.29. The van der Waals surface area contributed by atoms with Gasteiger partial charge in [0.25, 0.3) is 5.69 Å². The lowest BCUT2D eigenvalue weighted by Crippen LogP contribution is -2.65. The van der Waals surface area contributed by atoms with E-state index in [1.165, 1.54) is 30.7 Å². The monoisotopic (exact) mass is 350 g/mol. The standard InChI is InChI=1S/C18H28N3O2S/c1-15-13-21(14-16(2)24-15)10-8-19(9-11-21)7-6-17-4-3-5-18(12-17)20(22)23/h3-5,12,15-16H,6-11,13-14H2,1-2H3/q+1. The normalized spacial score (nSPS) is 27.2. The van der Waals surface area contributed by atoms with E-state index in [1.54, 1.807) is 18.2 Å². The molecule has 24 heavy (non-hydrogen) atoms. The largest absolute Gasteiger partial charge is 0.320 e. The molecule has 3 rings (SSSR count). The Bertz CT molecular complexity index is 575. The number of nitrogens with zero attached hydrogens (tertiary/aromatic N) is 3. The van der Waals surface area contributed by atoms with Crippen molar-refractivity contribution in [2.24, 2.45) is 0 Å². The fourth-order valence-corrected chi connectivity index (χ4v) is 5.88. The Labute approximate surface area is 148 Å². The Balaban J connectivity index is 1.51. The van der Waals surface area contributed by atoms with Crippen LogP contribution in [0, 0.1) is 10.1 Å². The number of nitro benzene ring substituents is 1. The summed E-state index contributed by atoms with van der Waals surface area (Å²) < 4.78 is 1.29. The zero-order valence-corrected chi connectivity index (χ0v) is 15.5. The lowest BCUT2D eigenvalue weighted by molar-refractivity contribution is -0.932. The smallest absolute Gasteiger partial charge is 0.269 e. The van der Waals surface area contributed by atoms with Crippen molar-refractivity contribution in [3.8, 4) is 0 Å². The molecule has 2 saturated heterocycles. The van der Waals surface area contributed by atoms with Crippen LogP contribution in [0.15, 0.2) is 24.3 Å². The van der Waals surface area contributed by atoms with Gasteiger partial charge in [0.15, 0.2) is 0 Å². The van der Waals surface area contributed by atoms with Crippen molar-refractivity contribution in [3.05, 3.63) is 39.9 Å². The summed E-state index contributed by atoms with van der Waals surface area (Å²) in [5.41, 5.74) is 1.26. The second kappa shape index (κ2) is 7.42. The molecule has 6 heteroatoms. The molecule has 132 valence electrons. The van der Waals surface area contributed by atoms with E-state index in [1.807, 2.05) is 6.07 Å². The summed E-state index contributed by atoms with van der Waals surface area (Å²) in [7, 11) is 0. The van der Waals surface area contributed by atoms with E-state index in [-0.39, 0.29) is 10.6 Å². The van der Waals surface area contributed by atoms with Crippen LogP contribution in [0.4, 0.5) is 5.69 Å². The minimum absolute atomic E-state index is 0.199. The maximum Gasteiger partial charge on any atom is 0.269 e. The molecule has 2 atom stereocenters. The maximum atomic E-state index is 10.9. The summed E-state index contributed by atoms with van der Waals surface area (Å²) in [6.07, 6.45) is 0.893. The van der Waals surface area contributed by atoms with Crippen LogP contribution in [0.1, 0.15) is 19.4 Å². The molecular formula is C18H28N3O2S+. The third-order valence-corrected chi connectivity index (χ3v) is 6.60. The van der Waals surface area contributed by atoms with Gasteiger partial charge in [-0.1, -0.05) is 12.1 Å². The number of hydrogen-bond acceptors (Lipinski definition) is 4. The zero-order chi connectivity index (χ0) is 17.2. The van der Waals surface area contributed by atoms with Crippen LogP contribution in [-0.2, 0) is 6.42 Å². The van der Waals surface area contributed by atoms with Gasteiger partial charge in [-0.25, -0.2) is 0 Å². The van der Waals surface area contributed by atoms with Crippen LogP contribution in [-0.4, -0.2) is 70.6 Å². The molecule has 0 amide bonds. The third-order valence-electron chi connectivity index (χ3n) is 5.37. The summed E-state index contributed by atoms with van der Waals surface area (Å²) in [6, 6.07) is 7.06. The average molecular weight is 351 g/mol. The van der Waals surface area contributed by atoms with Crippen LogP contribution in [0.5, 0.6) is 0 Å². The van der Waals surface area contributed by atoms with Crippen molar-refractivity contribution in [2.45, 2.75) is 30.8 Å². The van der Waals surface area contributed by atoms with Crippen LogP contribution in [0.25, 0.3) is 0 Å². The van der Waals surface area contributed by atoms with Crippen molar-refractivity contribution < 1.29 is 9.41 Å². The molecule has 2 aliphatic rings. The SMILES string of the molecule is CC1C[N+]2(CCN(CCc3cccc([N+](=O)[O-])c3)CC2)CC(C)S1. The molecule has 5 nitrogen and oxygen atoms in total. The molecule has 1 spiro atoms. The first kappa shape index (κ1) is 17.7. The molecule has 0 aromatic heterocycles. The second-order valence-electron chi connectivity index (χ2n) is 7.43. The lowest BCUT2D eigenvalue weighted by Gasteiger charge is -2.50. The molecule has 2 fully saturated rings. The minimum Gasteiger partial charge on any atom is -0.320 e. The molecule has 0 saturated carbocycles. The number of rotatable bonds is 4. The van der Waals surface area contributed by atoms with Crippen molar-refractivity contribution in [1.82, 2.24) is 4.90 Å². The number of nitro groups is 1. The number of non-ortho nitro benzene ring substituents is 1. The molecule has 2 aliphatic heterocycles. The Kier molecular flexibility index (Phi) is 5.47. The zero-order valence-electron chi connectivity index (χ0n) is 14.7. The number of benzene rings is 1. The molecule has 2 unspecified atom stereocenters. The van der Waals surface area contributed by atoms with E-state index in [9.17, 15) is 10.1 Å². The van der Waals surface area contributed by atoms with Crippen molar-refractivity contribution >= 4 is 17.4 Å². The van der Waals surface area contributed by atoms with Gasteiger partial charge in [-0.05, 0) is 25.8 Å². The highest BCUT2D eigenvalue weighted by Gasteiger charge is 2.39. The molecule has 0 bridgehead atoms. The predicted octanol–water partition coefficient (Wildman–Crippen LogP) is 2.79. The molecule has 1 aromatic carbocycles. The number of piperazine rings is 1. The Hall–Kier alpha value is -1.11. The summed E-state index contributed by atoms with van der Waals surface area (Å²) >= 11 is 2.14. The van der Waals surface area contributed by atoms with Crippen molar-refractivity contribution in [1.29, 1.82) is 0 Å². The quantitative estimate of drug-likeness (QED) is 0.476. The van der Waals surface area contributed by atoms with Crippen LogP contribution < -0.4 is 0 Å². The van der Waals surface area contributed by atoms with E-state index < -0.39 is 0 Å². The Morgan fingerprint density at radius 2 is 1.92 bits per heavy atom. The molecule has 2 heterocycles. The predicted molar refractivity (Wildman–Crippen MR) is 99.5 cm³/mol. The molecule has 0 aliphatic carbocycles. The minimum atomic E-state index is -0.310. The number of thioether (sulfide) groups is 1. The summed E-state index contributed by atoms with van der Waals surface area (Å²) in [5.74, 6) is 0. The van der Waals surface area contributed by atoms with Gasteiger partial charge in [0.1, 0.15) is 0 Å². The van der Waals surface area contributed by atoms with E-state index >= 15 is 0 Å². The molecule has 0 N–H and O–H groups in total. The lowest BCUT2D eigenvalue weighted by atomic mass is 10.1. The van der Waals surface area contributed by atoms with Gasteiger partial charge in [-0.15, -0.1) is 11.8 Å². The van der Waals surface area contributed by atoms with Crippen LogP contribution in [0.3, 0.4) is 0 Å². The van der Waals surface area contributed by atoms with Gasteiger partial charge in [-0.3, -0.25) is 15.0 Å². The summed E-state index contributed by atoms with van der Waals surface area (Å²) in [6.45, 7) is 13.2. The van der Waals surface area contributed by atoms with E-state index in [0.717, 1.165) is 42.1 Å². The molecule has 0 radical (unpaired) electrons. The topological polar surface area (TPSA) is 46.4 Å². The van der Waals surface area contributed by atoms with Crippen LogP contribution in [0.2, 0.25) is 0 Å². The van der Waals surface area contributed by atoms with E-state index in [0.29, 0.717) is 0 Å². The first-order chi connectivity index (χ1) is 11.5. The fourth-order valence-electron chi connectivity index (χ4n) is 4.28. The van der Waals surface area contributed by atoms with Gasteiger partial charge in [0.05, 0.1) is 41.6 Å². The molecule has 1 aromatic rings. The van der Waals surface area contributed by atoms with Gasteiger partial charge in [-0.2, -0.15) is 0 Å². The van der Waals surface area contributed by atoms with Crippen molar-refractivity contribution in [3.63, 3.8) is 0 Å². The summed E-state index contributed by atoms with van der Waals surface area (Å²) in [5, 5.41) is 12.4. The van der Waals surface area contributed by atoms with E-state index in [2.05, 4.69) is 30.5 Å². The second-order valence-corrected chi connectivity index (χ2v) is 9.31. The first-order valence-corrected chi connectivity index (χ1v) is 9.86. The number of quaternary nitrogens is 1. The van der Waals surface area contributed by atoms with Gasteiger partial charge >= 0.3 is 0 Å².